The van der Waals surface area contributed by atoms with Crippen molar-refractivity contribution in [2.24, 2.45) is 0 Å². The molecule has 0 saturated carbocycles. The molecule has 1 aliphatic heterocycles. The number of nitrogens with one attached hydrogen (secondary N) is 1. The first-order valence-electron chi connectivity index (χ1n) is 8.99. The van der Waals surface area contributed by atoms with E-state index < -0.39 is 0 Å². The molecule has 1 saturated heterocycles. The van der Waals surface area contributed by atoms with Gasteiger partial charge in [0.05, 0.1) is 12.7 Å². The largest absolute Gasteiger partial charge is 0.507 e. The van der Waals surface area contributed by atoms with Crippen molar-refractivity contribution >= 4 is 10.8 Å². The number of phenols is 1. The number of aromatic hydroxyl groups is 1. The van der Waals surface area contributed by atoms with Gasteiger partial charge in [0.1, 0.15) is 11.6 Å². The molecule has 0 amide bonds. The summed E-state index contributed by atoms with van der Waals surface area (Å²) in [5.41, 5.74) is 2.15. The van der Waals surface area contributed by atoms with Crippen LogP contribution < -0.4 is 5.32 Å². The standard InChI is InChI=1S/C22H22FNO2/c23-18-8-6-17(7-9-18)19-10-11-24-13-22(19)26-14-15-4-5-16-2-1-3-21(25)20(16)12-15/h1-9,12,19,22,24-25H,10-11,13-14H2. The number of phenolic OH excluding ortho intramolecular Hbond substituents is 1. The van der Waals surface area contributed by atoms with Crippen molar-refractivity contribution in [2.45, 2.75) is 25.0 Å². The molecular weight excluding hydrogens is 329 g/mol. The molecular formula is C22H22FNO2. The molecule has 1 fully saturated rings. The highest BCUT2D eigenvalue weighted by molar-refractivity contribution is 5.88. The molecule has 2 atom stereocenters. The summed E-state index contributed by atoms with van der Waals surface area (Å²) in [6.07, 6.45) is 1.00. The van der Waals surface area contributed by atoms with Gasteiger partial charge in [-0.15, -0.1) is 0 Å². The summed E-state index contributed by atoms with van der Waals surface area (Å²) in [7, 11) is 0. The maximum Gasteiger partial charge on any atom is 0.123 e. The van der Waals surface area contributed by atoms with E-state index >= 15 is 0 Å². The highest BCUT2D eigenvalue weighted by atomic mass is 19.1. The van der Waals surface area contributed by atoms with Crippen LogP contribution in [-0.4, -0.2) is 24.3 Å². The molecule has 3 aromatic carbocycles. The molecule has 0 aliphatic carbocycles. The van der Waals surface area contributed by atoms with E-state index in [9.17, 15) is 9.50 Å². The van der Waals surface area contributed by atoms with Crippen molar-refractivity contribution < 1.29 is 14.2 Å². The summed E-state index contributed by atoms with van der Waals surface area (Å²) in [5, 5.41) is 15.3. The van der Waals surface area contributed by atoms with Gasteiger partial charge >= 0.3 is 0 Å². The lowest BCUT2D eigenvalue weighted by Crippen LogP contribution is -2.40. The van der Waals surface area contributed by atoms with E-state index in [0.29, 0.717) is 6.61 Å². The Morgan fingerprint density at radius 2 is 1.92 bits per heavy atom. The minimum Gasteiger partial charge on any atom is -0.507 e. The second-order valence-corrected chi connectivity index (χ2v) is 6.83. The summed E-state index contributed by atoms with van der Waals surface area (Å²) in [4.78, 5) is 0. The Morgan fingerprint density at radius 3 is 2.77 bits per heavy atom. The fraction of sp³-hybridized carbons (Fsp3) is 0.273. The zero-order chi connectivity index (χ0) is 17.9. The SMILES string of the molecule is Oc1cccc2ccc(COC3CNCCC3c3ccc(F)cc3)cc12. The quantitative estimate of drug-likeness (QED) is 0.734. The molecule has 2 N–H and O–H groups in total. The Morgan fingerprint density at radius 1 is 1.08 bits per heavy atom. The number of ether oxygens (including phenoxy) is 1. The van der Waals surface area contributed by atoms with Gasteiger partial charge in [0.2, 0.25) is 0 Å². The number of rotatable bonds is 4. The van der Waals surface area contributed by atoms with E-state index in [1.54, 1.807) is 6.07 Å². The Hall–Kier alpha value is -2.43. The molecule has 3 aromatic rings. The van der Waals surface area contributed by atoms with Gasteiger partial charge in [0, 0.05) is 17.8 Å². The average molecular weight is 351 g/mol. The molecule has 0 aromatic heterocycles. The molecule has 1 heterocycles. The topological polar surface area (TPSA) is 41.5 Å². The van der Waals surface area contributed by atoms with Gasteiger partial charge in [-0.3, -0.25) is 0 Å². The number of hydrogen-bond donors (Lipinski definition) is 2. The molecule has 4 heteroatoms. The van der Waals surface area contributed by atoms with Crippen molar-refractivity contribution in [3.63, 3.8) is 0 Å². The summed E-state index contributed by atoms with van der Waals surface area (Å²) in [5.74, 6) is 0.328. The molecule has 0 radical (unpaired) electrons. The molecule has 1 aliphatic rings. The van der Waals surface area contributed by atoms with Crippen LogP contribution in [0.2, 0.25) is 0 Å². The van der Waals surface area contributed by atoms with Crippen LogP contribution >= 0.6 is 0 Å². The average Bonchev–Trinajstić information content (AvgIpc) is 2.68. The first-order chi connectivity index (χ1) is 12.7. The summed E-state index contributed by atoms with van der Waals surface area (Å²) >= 11 is 0. The van der Waals surface area contributed by atoms with Crippen molar-refractivity contribution in [3.05, 3.63) is 77.6 Å². The normalized spacial score (nSPS) is 20.3. The van der Waals surface area contributed by atoms with Crippen molar-refractivity contribution in [2.75, 3.05) is 13.1 Å². The smallest absolute Gasteiger partial charge is 0.123 e. The third-order valence-corrected chi connectivity index (χ3v) is 5.11. The second kappa shape index (κ2) is 7.44. The van der Waals surface area contributed by atoms with Gasteiger partial charge in [0.25, 0.3) is 0 Å². The predicted octanol–water partition coefficient (Wildman–Crippen LogP) is 4.35. The third-order valence-electron chi connectivity index (χ3n) is 5.11. The van der Waals surface area contributed by atoms with Gasteiger partial charge in [-0.25, -0.2) is 4.39 Å². The van der Waals surface area contributed by atoms with Crippen LogP contribution in [0.5, 0.6) is 5.75 Å². The Kier molecular flexibility index (Phi) is 4.87. The van der Waals surface area contributed by atoms with E-state index in [1.807, 2.05) is 42.5 Å². The number of halogens is 1. The number of piperidine rings is 1. The fourth-order valence-corrected chi connectivity index (χ4v) is 3.69. The highest BCUT2D eigenvalue weighted by Gasteiger charge is 2.27. The zero-order valence-electron chi connectivity index (χ0n) is 14.5. The Balaban J connectivity index is 1.50. The van der Waals surface area contributed by atoms with Crippen LogP contribution in [0.4, 0.5) is 4.39 Å². The molecule has 0 spiro atoms. The summed E-state index contributed by atoms with van der Waals surface area (Å²) < 4.78 is 19.4. The van der Waals surface area contributed by atoms with Gasteiger partial charge < -0.3 is 15.2 Å². The second-order valence-electron chi connectivity index (χ2n) is 6.83. The van der Waals surface area contributed by atoms with E-state index in [-0.39, 0.29) is 23.6 Å². The van der Waals surface area contributed by atoms with E-state index in [4.69, 9.17) is 4.74 Å². The maximum atomic E-state index is 13.2. The van der Waals surface area contributed by atoms with Crippen molar-refractivity contribution in [1.29, 1.82) is 0 Å². The molecule has 4 rings (SSSR count). The molecule has 26 heavy (non-hydrogen) atoms. The summed E-state index contributed by atoms with van der Waals surface area (Å²) in [6.45, 7) is 2.20. The van der Waals surface area contributed by atoms with Crippen LogP contribution in [0.25, 0.3) is 10.8 Å². The lowest BCUT2D eigenvalue weighted by Gasteiger charge is -2.32. The predicted molar refractivity (Wildman–Crippen MR) is 101 cm³/mol. The molecule has 2 unspecified atom stereocenters. The number of fused-ring (bicyclic) bond motifs is 1. The zero-order valence-corrected chi connectivity index (χ0v) is 14.5. The van der Waals surface area contributed by atoms with Crippen LogP contribution in [0.1, 0.15) is 23.5 Å². The van der Waals surface area contributed by atoms with Gasteiger partial charge in [-0.2, -0.15) is 0 Å². The molecule has 0 bridgehead atoms. The minimum atomic E-state index is -0.212. The first-order valence-corrected chi connectivity index (χ1v) is 8.99. The van der Waals surface area contributed by atoms with Crippen LogP contribution in [0.15, 0.2) is 60.7 Å². The fourth-order valence-electron chi connectivity index (χ4n) is 3.69. The van der Waals surface area contributed by atoms with Crippen LogP contribution in [0.3, 0.4) is 0 Å². The van der Waals surface area contributed by atoms with Crippen LogP contribution in [0, 0.1) is 5.82 Å². The Labute approximate surface area is 152 Å². The van der Waals surface area contributed by atoms with Gasteiger partial charge in [-0.1, -0.05) is 36.4 Å². The molecule has 134 valence electrons. The highest BCUT2D eigenvalue weighted by Crippen LogP contribution is 2.30. The van der Waals surface area contributed by atoms with Gasteiger partial charge in [-0.05, 0) is 53.7 Å². The van der Waals surface area contributed by atoms with Crippen molar-refractivity contribution in [3.8, 4) is 5.75 Å². The lowest BCUT2D eigenvalue weighted by molar-refractivity contribution is 0.0106. The van der Waals surface area contributed by atoms with E-state index in [2.05, 4.69) is 5.32 Å². The third kappa shape index (κ3) is 3.57. The van der Waals surface area contributed by atoms with Gasteiger partial charge in [0.15, 0.2) is 0 Å². The minimum absolute atomic E-state index is 0.0364. The first kappa shape index (κ1) is 17.0. The van der Waals surface area contributed by atoms with Crippen molar-refractivity contribution in [1.82, 2.24) is 5.32 Å². The van der Waals surface area contributed by atoms with E-state index in [1.165, 1.54) is 12.1 Å². The number of benzene rings is 3. The Bertz CT molecular complexity index is 894. The van der Waals surface area contributed by atoms with E-state index in [0.717, 1.165) is 41.4 Å². The molecule has 3 nitrogen and oxygen atoms in total. The number of hydrogen-bond acceptors (Lipinski definition) is 3. The maximum absolute atomic E-state index is 13.2. The lowest BCUT2D eigenvalue weighted by atomic mass is 9.88. The summed E-state index contributed by atoms with van der Waals surface area (Å²) in [6, 6.07) is 18.3. The monoisotopic (exact) mass is 351 g/mol. The van der Waals surface area contributed by atoms with Crippen LogP contribution in [-0.2, 0) is 11.3 Å².